The van der Waals surface area contributed by atoms with Crippen LogP contribution in [0.25, 0.3) is 0 Å². The van der Waals surface area contributed by atoms with Crippen molar-refractivity contribution in [2.24, 2.45) is 0 Å². The fourth-order valence-electron chi connectivity index (χ4n) is 2.29. The predicted octanol–water partition coefficient (Wildman–Crippen LogP) is 2.52. The molecule has 0 radical (unpaired) electrons. The number of ether oxygens (including phenoxy) is 1. The summed E-state index contributed by atoms with van der Waals surface area (Å²) >= 11 is 0. The minimum absolute atomic E-state index is 0.268. The second-order valence-corrected chi connectivity index (χ2v) is 5.50. The van der Waals surface area contributed by atoms with Crippen molar-refractivity contribution in [2.75, 3.05) is 17.7 Å². The monoisotopic (exact) mass is 363 g/mol. The highest BCUT2D eigenvalue weighted by molar-refractivity contribution is 6.07. The van der Waals surface area contributed by atoms with Gasteiger partial charge in [0, 0.05) is 31.3 Å². The van der Waals surface area contributed by atoms with E-state index < -0.39 is 11.9 Å². The number of amides is 1. The fraction of sp³-hybridized carbons (Fsp3) is 0.105. The Morgan fingerprint density at radius 1 is 1.04 bits per heavy atom. The Morgan fingerprint density at radius 2 is 1.74 bits per heavy atom. The molecule has 3 rings (SSSR count). The highest BCUT2D eigenvalue weighted by Crippen LogP contribution is 2.17. The topological polar surface area (TPSA) is 106 Å². The van der Waals surface area contributed by atoms with Gasteiger partial charge in [-0.2, -0.15) is 0 Å². The van der Waals surface area contributed by atoms with Crippen molar-refractivity contribution in [1.29, 1.82) is 0 Å². The summed E-state index contributed by atoms with van der Waals surface area (Å²) in [6.07, 6.45) is 6.24. The first-order valence-corrected chi connectivity index (χ1v) is 8.11. The number of hydrogen-bond acceptors (Lipinski definition) is 7. The maximum Gasteiger partial charge on any atom is 0.339 e. The normalized spacial score (nSPS) is 10.1. The summed E-state index contributed by atoms with van der Waals surface area (Å²) in [6, 6.07) is 10.4. The third-order valence-corrected chi connectivity index (χ3v) is 3.69. The number of rotatable bonds is 6. The van der Waals surface area contributed by atoms with Gasteiger partial charge in [0.05, 0.1) is 23.9 Å². The number of aromatic nitrogens is 3. The van der Waals surface area contributed by atoms with Crippen LogP contribution in [0.2, 0.25) is 0 Å². The molecule has 8 heteroatoms. The Kier molecular flexibility index (Phi) is 5.68. The van der Waals surface area contributed by atoms with Crippen LogP contribution in [0.5, 0.6) is 0 Å². The van der Waals surface area contributed by atoms with E-state index in [1.165, 1.54) is 19.5 Å². The molecule has 3 aromatic rings. The number of nitrogens with zero attached hydrogens (tertiary/aromatic N) is 3. The van der Waals surface area contributed by atoms with Crippen LogP contribution in [-0.2, 0) is 11.3 Å². The van der Waals surface area contributed by atoms with Crippen molar-refractivity contribution in [2.45, 2.75) is 6.54 Å². The molecule has 0 unspecified atom stereocenters. The van der Waals surface area contributed by atoms with Gasteiger partial charge in [-0.1, -0.05) is 12.1 Å². The summed E-state index contributed by atoms with van der Waals surface area (Å²) in [7, 11) is 1.28. The molecule has 0 saturated carbocycles. The van der Waals surface area contributed by atoms with Gasteiger partial charge in [-0.3, -0.25) is 9.78 Å². The molecule has 27 heavy (non-hydrogen) atoms. The van der Waals surface area contributed by atoms with Gasteiger partial charge in [-0.05, 0) is 29.8 Å². The van der Waals surface area contributed by atoms with Gasteiger partial charge in [-0.15, -0.1) is 0 Å². The number of methoxy groups -OCH3 is 1. The quantitative estimate of drug-likeness (QED) is 0.648. The molecular formula is C19H17N5O3. The molecular weight excluding hydrogens is 346 g/mol. The lowest BCUT2D eigenvalue weighted by Crippen LogP contribution is -2.16. The highest BCUT2D eigenvalue weighted by atomic mass is 16.5. The molecule has 8 nitrogen and oxygen atoms in total. The molecule has 0 saturated heterocycles. The summed E-state index contributed by atoms with van der Waals surface area (Å²) in [4.78, 5) is 36.4. The molecule has 0 bridgehead atoms. The van der Waals surface area contributed by atoms with Gasteiger partial charge in [-0.25, -0.2) is 14.8 Å². The van der Waals surface area contributed by atoms with Gasteiger partial charge in [0.1, 0.15) is 0 Å². The van der Waals surface area contributed by atoms with E-state index in [0.717, 1.165) is 5.56 Å². The molecule has 1 aromatic carbocycles. The van der Waals surface area contributed by atoms with Gasteiger partial charge in [0.25, 0.3) is 5.91 Å². The minimum Gasteiger partial charge on any atom is -0.465 e. The molecule has 2 heterocycles. The van der Waals surface area contributed by atoms with E-state index in [-0.39, 0.29) is 11.1 Å². The summed E-state index contributed by atoms with van der Waals surface area (Å²) < 4.78 is 4.72. The van der Waals surface area contributed by atoms with Crippen molar-refractivity contribution in [1.82, 2.24) is 15.0 Å². The fourth-order valence-corrected chi connectivity index (χ4v) is 2.29. The smallest absolute Gasteiger partial charge is 0.339 e. The third-order valence-electron chi connectivity index (χ3n) is 3.69. The molecule has 2 N–H and O–H groups in total. The predicted molar refractivity (Wildman–Crippen MR) is 99.3 cm³/mol. The first-order chi connectivity index (χ1) is 13.2. The number of hydrogen-bond donors (Lipinski definition) is 2. The zero-order chi connectivity index (χ0) is 19.1. The Morgan fingerprint density at radius 3 is 2.44 bits per heavy atom. The maximum absolute atomic E-state index is 12.4. The van der Waals surface area contributed by atoms with E-state index in [0.29, 0.717) is 18.2 Å². The van der Waals surface area contributed by atoms with Crippen LogP contribution in [0.4, 0.5) is 11.6 Å². The number of esters is 1. The van der Waals surface area contributed by atoms with Crippen LogP contribution >= 0.6 is 0 Å². The zero-order valence-corrected chi connectivity index (χ0v) is 14.5. The highest BCUT2D eigenvalue weighted by Gasteiger charge is 2.14. The number of anilines is 2. The van der Waals surface area contributed by atoms with Gasteiger partial charge in [0.15, 0.2) is 0 Å². The molecule has 0 atom stereocenters. The summed E-state index contributed by atoms with van der Waals surface area (Å²) in [5.41, 5.74) is 1.93. The average Bonchev–Trinajstić information content (AvgIpc) is 2.73. The molecule has 0 aliphatic carbocycles. The van der Waals surface area contributed by atoms with Crippen LogP contribution in [-0.4, -0.2) is 33.9 Å². The molecule has 0 fully saturated rings. The van der Waals surface area contributed by atoms with E-state index in [4.69, 9.17) is 4.74 Å². The van der Waals surface area contributed by atoms with Crippen LogP contribution in [0, 0.1) is 0 Å². The van der Waals surface area contributed by atoms with Crippen molar-refractivity contribution in [3.05, 3.63) is 77.9 Å². The number of pyridine rings is 1. The minimum atomic E-state index is -0.530. The molecule has 0 aliphatic rings. The van der Waals surface area contributed by atoms with Crippen molar-refractivity contribution < 1.29 is 14.3 Å². The maximum atomic E-state index is 12.4. The first-order valence-electron chi connectivity index (χ1n) is 8.11. The van der Waals surface area contributed by atoms with Gasteiger partial charge < -0.3 is 15.4 Å². The molecule has 136 valence electrons. The zero-order valence-electron chi connectivity index (χ0n) is 14.5. The molecule has 0 aliphatic heterocycles. The van der Waals surface area contributed by atoms with Gasteiger partial charge in [0.2, 0.25) is 5.95 Å². The number of carbonyl (C=O) groups excluding carboxylic acids is 2. The van der Waals surface area contributed by atoms with Crippen LogP contribution in [0.15, 0.2) is 61.2 Å². The third kappa shape index (κ3) is 4.63. The molecule has 1 amide bonds. The Labute approximate surface area is 155 Å². The summed E-state index contributed by atoms with van der Waals surface area (Å²) in [5.74, 6) is -0.553. The SMILES string of the molecule is COC(=O)c1ccccc1NC(=O)c1cnc(NCc2ccncc2)nc1. The van der Waals surface area contributed by atoms with E-state index in [1.807, 2.05) is 12.1 Å². The summed E-state index contributed by atoms with van der Waals surface area (Å²) in [5, 5.41) is 5.74. The van der Waals surface area contributed by atoms with Crippen LogP contribution in [0.1, 0.15) is 26.3 Å². The number of nitrogens with one attached hydrogen (secondary N) is 2. The van der Waals surface area contributed by atoms with Crippen LogP contribution in [0.3, 0.4) is 0 Å². The van der Waals surface area contributed by atoms with E-state index in [2.05, 4.69) is 25.6 Å². The van der Waals surface area contributed by atoms with E-state index >= 15 is 0 Å². The largest absolute Gasteiger partial charge is 0.465 e. The Hall–Kier alpha value is -3.81. The van der Waals surface area contributed by atoms with E-state index in [9.17, 15) is 9.59 Å². The lowest BCUT2D eigenvalue weighted by molar-refractivity contribution is 0.0602. The first kappa shape index (κ1) is 18.0. The van der Waals surface area contributed by atoms with Crippen molar-refractivity contribution in [3.8, 4) is 0 Å². The Bertz CT molecular complexity index is 930. The van der Waals surface area contributed by atoms with Crippen LogP contribution < -0.4 is 10.6 Å². The molecule has 0 spiro atoms. The van der Waals surface area contributed by atoms with Crippen molar-refractivity contribution in [3.63, 3.8) is 0 Å². The Balaban J connectivity index is 1.65. The second kappa shape index (κ2) is 8.52. The lowest BCUT2D eigenvalue weighted by atomic mass is 10.1. The second-order valence-electron chi connectivity index (χ2n) is 5.50. The number of benzene rings is 1. The van der Waals surface area contributed by atoms with Gasteiger partial charge >= 0.3 is 5.97 Å². The average molecular weight is 363 g/mol. The lowest BCUT2D eigenvalue weighted by Gasteiger charge is -2.10. The summed E-state index contributed by atoms with van der Waals surface area (Å²) in [6.45, 7) is 0.542. The number of carbonyl (C=O) groups is 2. The van der Waals surface area contributed by atoms with Crippen molar-refractivity contribution >= 4 is 23.5 Å². The standard InChI is InChI=1S/C19H17N5O3/c1-27-18(26)15-4-2-3-5-16(15)24-17(25)14-11-22-19(23-12-14)21-10-13-6-8-20-9-7-13/h2-9,11-12H,10H2,1H3,(H,24,25)(H,21,22,23). The molecule has 2 aromatic heterocycles. The van der Waals surface area contributed by atoms with E-state index in [1.54, 1.807) is 36.7 Å². The number of para-hydroxylation sites is 1.